The Morgan fingerprint density at radius 3 is 2.75 bits per heavy atom. The lowest BCUT2D eigenvalue weighted by Gasteiger charge is -2.08. The first kappa shape index (κ1) is 14.9. The molecule has 0 unspecified atom stereocenters. The maximum atomic E-state index is 12.2. The molecule has 0 aliphatic carbocycles. The molecule has 0 radical (unpaired) electrons. The van der Waals surface area contributed by atoms with E-state index in [0.29, 0.717) is 16.8 Å². The zero-order chi connectivity index (χ0) is 14.9. The lowest BCUT2D eigenvalue weighted by Crippen LogP contribution is -2.13. The van der Waals surface area contributed by atoms with Crippen molar-refractivity contribution in [1.82, 2.24) is 9.55 Å². The Balaban J connectivity index is 2.37. The third-order valence-corrected chi connectivity index (χ3v) is 4.50. The summed E-state index contributed by atoms with van der Waals surface area (Å²) in [6.07, 6.45) is 1.46. The van der Waals surface area contributed by atoms with Crippen molar-refractivity contribution in [2.45, 2.75) is 25.4 Å². The van der Waals surface area contributed by atoms with Gasteiger partial charge in [0.2, 0.25) is 0 Å². The van der Waals surface area contributed by atoms with Gasteiger partial charge in [0.15, 0.2) is 5.03 Å². The summed E-state index contributed by atoms with van der Waals surface area (Å²) in [7, 11) is -3.83. The Labute approximate surface area is 125 Å². The standard InChI is InChI=1S/C12H14BrN3O3S/c1-3-16-7-12(14-8(16)2)20(18,19)15-10-6-9(13)4-5-11(10)17/h4-7,15,17H,3H2,1-2H3. The molecule has 2 aromatic rings. The Kier molecular flexibility index (Phi) is 4.05. The summed E-state index contributed by atoms with van der Waals surface area (Å²) in [5.41, 5.74) is 0.100. The van der Waals surface area contributed by atoms with Crippen molar-refractivity contribution in [2.24, 2.45) is 0 Å². The quantitative estimate of drug-likeness (QED) is 0.821. The van der Waals surface area contributed by atoms with E-state index in [9.17, 15) is 13.5 Å². The normalized spacial score (nSPS) is 11.6. The van der Waals surface area contributed by atoms with Crippen LogP contribution >= 0.6 is 15.9 Å². The van der Waals surface area contributed by atoms with E-state index in [2.05, 4.69) is 25.6 Å². The van der Waals surface area contributed by atoms with E-state index in [1.165, 1.54) is 18.3 Å². The van der Waals surface area contributed by atoms with Crippen molar-refractivity contribution in [3.8, 4) is 5.75 Å². The number of phenols is 1. The summed E-state index contributed by atoms with van der Waals surface area (Å²) in [6, 6.07) is 4.50. The zero-order valence-electron chi connectivity index (χ0n) is 11.0. The van der Waals surface area contributed by atoms with Gasteiger partial charge in [-0.15, -0.1) is 0 Å². The molecule has 0 aliphatic heterocycles. The molecule has 0 spiro atoms. The van der Waals surface area contributed by atoms with E-state index >= 15 is 0 Å². The van der Waals surface area contributed by atoms with Gasteiger partial charge in [0.25, 0.3) is 10.0 Å². The van der Waals surface area contributed by atoms with Crippen molar-refractivity contribution in [3.63, 3.8) is 0 Å². The van der Waals surface area contributed by atoms with E-state index in [1.807, 2.05) is 6.92 Å². The van der Waals surface area contributed by atoms with Gasteiger partial charge in [-0.3, -0.25) is 4.72 Å². The summed E-state index contributed by atoms with van der Waals surface area (Å²) in [5.74, 6) is 0.467. The molecule has 1 aromatic carbocycles. The molecule has 0 amide bonds. The number of hydrogen-bond donors (Lipinski definition) is 2. The van der Waals surface area contributed by atoms with Crippen molar-refractivity contribution in [1.29, 1.82) is 0 Å². The second-order valence-corrected chi connectivity index (χ2v) is 6.72. The van der Waals surface area contributed by atoms with Crippen molar-refractivity contribution in [2.75, 3.05) is 4.72 Å². The molecule has 20 heavy (non-hydrogen) atoms. The first-order chi connectivity index (χ1) is 9.33. The van der Waals surface area contributed by atoms with Gasteiger partial charge in [0.05, 0.1) is 5.69 Å². The third-order valence-electron chi connectivity index (χ3n) is 2.77. The SMILES string of the molecule is CCn1cc(S(=O)(=O)Nc2cc(Br)ccc2O)nc1C. The van der Waals surface area contributed by atoms with Gasteiger partial charge < -0.3 is 9.67 Å². The van der Waals surface area contributed by atoms with Crippen molar-refractivity contribution >= 4 is 31.6 Å². The maximum absolute atomic E-state index is 12.2. The number of imidazole rings is 1. The topological polar surface area (TPSA) is 84.2 Å². The Morgan fingerprint density at radius 1 is 1.45 bits per heavy atom. The monoisotopic (exact) mass is 359 g/mol. The van der Waals surface area contributed by atoms with Gasteiger partial charge in [-0.1, -0.05) is 15.9 Å². The molecule has 8 heteroatoms. The van der Waals surface area contributed by atoms with Gasteiger partial charge in [0.1, 0.15) is 11.6 Å². The number of aromatic nitrogens is 2. The van der Waals surface area contributed by atoms with Gasteiger partial charge >= 0.3 is 0 Å². The van der Waals surface area contributed by atoms with Gasteiger partial charge in [-0.05, 0) is 32.0 Å². The van der Waals surface area contributed by atoms with E-state index in [1.54, 1.807) is 17.6 Å². The molecular formula is C12H14BrN3O3S. The molecule has 0 bridgehead atoms. The number of nitrogens with one attached hydrogen (secondary N) is 1. The van der Waals surface area contributed by atoms with E-state index in [4.69, 9.17) is 0 Å². The van der Waals surface area contributed by atoms with Crippen molar-refractivity contribution < 1.29 is 13.5 Å². The number of nitrogens with zero attached hydrogens (tertiary/aromatic N) is 2. The summed E-state index contributed by atoms with van der Waals surface area (Å²) >= 11 is 3.22. The average Bonchev–Trinajstić information content (AvgIpc) is 2.76. The summed E-state index contributed by atoms with van der Waals surface area (Å²) in [5, 5.41) is 9.60. The molecule has 0 aliphatic rings. The number of benzene rings is 1. The highest BCUT2D eigenvalue weighted by Crippen LogP contribution is 2.28. The minimum atomic E-state index is -3.83. The molecule has 6 nitrogen and oxygen atoms in total. The number of hydrogen-bond acceptors (Lipinski definition) is 4. The molecule has 0 saturated heterocycles. The summed E-state index contributed by atoms with van der Waals surface area (Å²) < 4.78 is 29.2. The highest BCUT2D eigenvalue weighted by molar-refractivity contribution is 9.10. The predicted octanol–water partition coefficient (Wildman–Crippen LogP) is 2.48. The van der Waals surface area contributed by atoms with E-state index in [-0.39, 0.29) is 16.5 Å². The second-order valence-electron chi connectivity index (χ2n) is 4.18. The highest BCUT2D eigenvalue weighted by atomic mass is 79.9. The highest BCUT2D eigenvalue weighted by Gasteiger charge is 2.20. The van der Waals surface area contributed by atoms with Crippen LogP contribution in [0.4, 0.5) is 5.69 Å². The van der Waals surface area contributed by atoms with Crippen LogP contribution in [-0.2, 0) is 16.6 Å². The number of rotatable bonds is 4. The summed E-state index contributed by atoms with van der Waals surface area (Å²) in [4.78, 5) is 4.02. The fourth-order valence-electron chi connectivity index (χ4n) is 1.72. The zero-order valence-corrected chi connectivity index (χ0v) is 13.4. The van der Waals surface area contributed by atoms with Crippen LogP contribution in [0.2, 0.25) is 0 Å². The summed E-state index contributed by atoms with van der Waals surface area (Å²) in [6.45, 7) is 4.27. The minimum absolute atomic E-state index is 0.0729. The predicted molar refractivity (Wildman–Crippen MR) is 79.3 cm³/mol. The van der Waals surface area contributed by atoms with Crippen LogP contribution in [0.3, 0.4) is 0 Å². The molecule has 1 heterocycles. The van der Waals surface area contributed by atoms with Crippen molar-refractivity contribution in [3.05, 3.63) is 34.7 Å². The van der Waals surface area contributed by atoms with E-state index in [0.717, 1.165) is 0 Å². The Morgan fingerprint density at radius 2 is 2.15 bits per heavy atom. The van der Waals surface area contributed by atoms with Gasteiger partial charge in [0, 0.05) is 17.2 Å². The van der Waals surface area contributed by atoms with Crippen LogP contribution in [-0.4, -0.2) is 23.1 Å². The van der Waals surface area contributed by atoms with Crippen LogP contribution in [0.15, 0.2) is 33.9 Å². The number of anilines is 1. The fraction of sp³-hybridized carbons (Fsp3) is 0.250. The third kappa shape index (κ3) is 2.96. The van der Waals surface area contributed by atoms with Gasteiger partial charge in [-0.25, -0.2) is 4.98 Å². The maximum Gasteiger partial charge on any atom is 0.281 e. The first-order valence-corrected chi connectivity index (χ1v) is 8.16. The fourth-order valence-corrected chi connectivity index (χ4v) is 3.15. The lowest BCUT2D eigenvalue weighted by molar-refractivity contribution is 0.477. The largest absolute Gasteiger partial charge is 0.506 e. The number of halogens is 1. The van der Waals surface area contributed by atoms with Crippen LogP contribution < -0.4 is 4.72 Å². The molecule has 2 rings (SSSR count). The molecule has 0 fully saturated rings. The Bertz CT molecular complexity index is 740. The van der Waals surface area contributed by atoms with Crippen LogP contribution in [0.1, 0.15) is 12.7 Å². The molecule has 1 aromatic heterocycles. The first-order valence-electron chi connectivity index (χ1n) is 5.88. The average molecular weight is 360 g/mol. The molecular weight excluding hydrogens is 346 g/mol. The lowest BCUT2D eigenvalue weighted by atomic mass is 10.3. The smallest absolute Gasteiger partial charge is 0.281 e. The number of aryl methyl sites for hydroxylation is 2. The number of phenolic OH excluding ortho intramolecular Hbond substituents is 1. The van der Waals surface area contributed by atoms with Gasteiger partial charge in [-0.2, -0.15) is 8.42 Å². The minimum Gasteiger partial charge on any atom is -0.506 e. The van der Waals surface area contributed by atoms with Crippen LogP contribution in [0, 0.1) is 6.92 Å². The van der Waals surface area contributed by atoms with Crippen LogP contribution in [0.25, 0.3) is 0 Å². The number of aromatic hydroxyl groups is 1. The number of sulfonamides is 1. The van der Waals surface area contributed by atoms with Crippen LogP contribution in [0.5, 0.6) is 5.75 Å². The molecule has 108 valence electrons. The molecule has 0 saturated carbocycles. The molecule has 0 atom stereocenters. The second kappa shape index (κ2) is 5.45. The molecule has 2 N–H and O–H groups in total. The Hall–Kier alpha value is -1.54. The van der Waals surface area contributed by atoms with E-state index < -0.39 is 10.0 Å².